The Labute approximate surface area is 137 Å². The molecule has 0 bridgehead atoms. The van der Waals surface area contributed by atoms with Crippen LogP contribution >= 0.6 is 11.6 Å². The van der Waals surface area contributed by atoms with Crippen LogP contribution in [0.4, 0.5) is 5.69 Å². The van der Waals surface area contributed by atoms with Gasteiger partial charge in [0.15, 0.2) is 0 Å². The Morgan fingerprint density at radius 3 is 2.45 bits per heavy atom. The van der Waals surface area contributed by atoms with Gasteiger partial charge < -0.3 is 15.1 Å². The van der Waals surface area contributed by atoms with E-state index in [9.17, 15) is 4.79 Å². The molecule has 1 fully saturated rings. The zero-order chi connectivity index (χ0) is 16.5. The predicted octanol–water partition coefficient (Wildman–Crippen LogP) is 4.05. The minimum absolute atomic E-state index is 0.147. The van der Waals surface area contributed by atoms with E-state index in [0.29, 0.717) is 5.92 Å². The molecule has 4 nitrogen and oxygen atoms in total. The molecule has 0 saturated carbocycles. The van der Waals surface area contributed by atoms with Crippen LogP contribution in [0.2, 0.25) is 5.02 Å². The minimum atomic E-state index is -0.996. The van der Waals surface area contributed by atoms with Crippen molar-refractivity contribution in [1.29, 1.82) is 0 Å². The van der Waals surface area contributed by atoms with Crippen molar-refractivity contribution in [2.45, 2.75) is 39.5 Å². The van der Waals surface area contributed by atoms with Crippen molar-refractivity contribution in [3.63, 3.8) is 0 Å². The van der Waals surface area contributed by atoms with Crippen LogP contribution in [0.3, 0.4) is 0 Å². The van der Waals surface area contributed by atoms with Crippen molar-refractivity contribution < 1.29 is 15.0 Å². The number of hydrogen-bond acceptors (Lipinski definition) is 3. The lowest BCUT2D eigenvalue weighted by atomic mass is 9.92. The summed E-state index contributed by atoms with van der Waals surface area (Å²) in [5.41, 5.74) is 1.13. The van der Waals surface area contributed by atoms with E-state index in [1.165, 1.54) is 0 Å². The lowest BCUT2D eigenvalue weighted by Gasteiger charge is -2.33. The molecular weight excluding hydrogens is 302 g/mol. The van der Waals surface area contributed by atoms with Crippen molar-refractivity contribution in [2.75, 3.05) is 24.6 Å². The van der Waals surface area contributed by atoms with Crippen molar-refractivity contribution in [1.82, 2.24) is 0 Å². The minimum Gasteiger partial charge on any atom is -0.478 e. The third-order valence-corrected chi connectivity index (χ3v) is 4.25. The Kier molecular flexibility index (Phi) is 8.28. The number of rotatable bonds is 5. The first-order valence-electron chi connectivity index (χ1n) is 8.00. The molecule has 0 amide bonds. The SMILES string of the molecule is CC.O=C(O)c1ccc(N2CCC(CCCO)CC2)cc1Cl. The van der Waals surface area contributed by atoms with E-state index >= 15 is 0 Å². The van der Waals surface area contributed by atoms with Gasteiger partial charge in [0.2, 0.25) is 0 Å². The third-order valence-electron chi connectivity index (χ3n) is 3.93. The average molecular weight is 328 g/mol. The van der Waals surface area contributed by atoms with Crippen LogP contribution in [-0.2, 0) is 0 Å². The van der Waals surface area contributed by atoms with Gasteiger partial charge in [-0.25, -0.2) is 4.79 Å². The van der Waals surface area contributed by atoms with Crippen LogP contribution in [0.5, 0.6) is 0 Å². The number of anilines is 1. The summed E-state index contributed by atoms with van der Waals surface area (Å²) in [7, 11) is 0. The third kappa shape index (κ3) is 5.18. The zero-order valence-electron chi connectivity index (χ0n) is 13.4. The Bertz CT molecular complexity index is 471. The summed E-state index contributed by atoms with van der Waals surface area (Å²) in [6.07, 6.45) is 4.18. The molecule has 0 atom stereocenters. The van der Waals surface area contributed by atoms with Crippen molar-refractivity contribution >= 4 is 23.3 Å². The van der Waals surface area contributed by atoms with Crippen molar-refractivity contribution in [3.8, 4) is 0 Å². The van der Waals surface area contributed by atoms with Crippen LogP contribution in [0.25, 0.3) is 0 Å². The van der Waals surface area contributed by atoms with Gasteiger partial charge >= 0.3 is 5.97 Å². The number of aliphatic hydroxyl groups is 1. The molecule has 1 aromatic carbocycles. The molecule has 5 heteroatoms. The second-order valence-corrected chi connectivity index (χ2v) is 5.67. The second kappa shape index (κ2) is 9.70. The van der Waals surface area contributed by atoms with Gasteiger partial charge in [0, 0.05) is 25.4 Å². The van der Waals surface area contributed by atoms with Crippen LogP contribution in [0.1, 0.15) is 49.9 Å². The molecule has 0 aliphatic carbocycles. The van der Waals surface area contributed by atoms with Gasteiger partial charge in [-0.3, -0.25) is 0 Å². The highest BCUT2D eigenvalue weighted by Gasteiger charge is 2.20. The van der Waals surface area contributed by atoms with Gasteiger partial charge in [-0.05, 0) is 49.8 Å². The van der Waals surface area contributed by atoms with Gasteiger partial charge in [-0.1, -0.05) is 25.4 Å². The first-order valence-corrected chi connectivity index (χ1v) is 8.38. The summed E-state index contributed by atoms with van der Waals surface area (Å²) in [6.45, 7) is 6.18. The van der Waals surface area contributed by atoms with E-state index in [2.05, 4.69) is 4.90 Å². The number of hydrogen-bond donors (Lipinski definition) is 2. The fraction of sp³-hybridized carbons (Fsp3) is 0.588. The monoisotopic (exact) mass is 327 g/mol. The Morgan fingerprint density at radius 2 is 1.95 bits per heavy atom. The lowest BCUT2D eigenvalue weighted by Crippen LogP contribution is -2.33. The lowest BCUT2D eigenvalue weighted by molar-refractivity contribution is 0.0697. The number of aromatic carboxylic acids is 1. The maximum absolute atomic E-state index is 10.9. The van der Waals surface area contributed by atoms with Crippen LogP contribution in [0, 0.1) is 5.92 Å². The zero-order valence-corrected chi connectivity index (χ0v) is 14.1. The topological polar surface area (TPSA) is 60.8 Å². The molecule has 2 rings (SSSR count). The van der Waals surface area contributed by atoms with Crippen LogP contribution in [-0.4, -0.2) is 35.9 Å². The summed E-state index contributed by atoms with van der Waals surface area (Å²) >= 11 is 6.01. The van der Waals surface area contributed by atoms with Gasteiger partial charge in [0.05, 0.1) is 10.6 Å². The first kappa shape index (κ1) is 18.8. The molecule has 124 valence electrons. The molecule has 1 heterocycles. The molecule has 0 unspecified atom stereocenters. The number of benzene rings is 1. The summed E-state index contributed by atoms with van der Waals surface area (Å²) in [5, 5.41) is 18.1. The molecule has 1 aliphatic heterocycles. The second-order valence-electron chi connectivity index (χ2n) is 5.27. The summed E-state index contributed by atoms with van der Waals surface area (Å²) in [5.74, 6) is -0.309. The van der Waals surface area contributed by atoms with E-state index in [-0.39, 0.29) is 17.2 Å². The van der Waals surface area contributed by atoms with Crippen LogP contribution in [0.15, 0.2) is 18.2 Å². The Hall–Kier alpha value is -1.26. The summed E-state index contributed by atoms with van der Waals surface area (Å²) < 4.78 is 0. The predicted molar refractivity (Wildman–Crippen MR) is 91.0 cm³/mol. The van der Waals surface area contributed by atoms with Gasteiger partial charge in [0.1, 0.15) is 0 Å². The molecule has 1 saturated heterocycles. The molecule has 0 aromatic heterocycles. The largest absolute Gasteiger partial charge is 0.478 e. The number of carbonyl (C=O) groups is 1. The molecule has 0 spiro atoms. The number of carboxylic acid groups (broad SMARTS) is 1. The normalized spacial score (nSPS) is 15.2. The number of piperidine rings is 1. The smallest absolute Gasteiger partial charge is 0.337 e. The molecule has 1 aromatic rings. The molecule has 0 radical (unpaired) electrons. The number of carboxylic acids is 1. The van der Waals surface area contributed by atoms with E-state index in [1.807, 2.05) is 19.9 Å². The highest BCUT2D eigenvalue weighted by molar-refractivity contribution is 6.33. The van der Waals surface area contributed by atoms with E-state index < -0.39 is 5.97 Å². The molecule has 22 heavy (non-hydrogen) atoms. The highest BCUT2D eigenvalue weighted by atomic mass is 35.5. The Balaban J connectivity index is 0.00000116. The summed E-state index contributed by atoms with van der Waals surface area (Å²) in [6, 6.07) is 5.13. The Morgan fingerprint density at radius 1 is 1.32 bits per heavy atom. The van der Waals surface area contributed by atoms with E-state index in [0.717, 1.165) is 44.5 Å². The maximum Gasteiger partial charge on any atom is 0.337 e. The quantitative estimate of drug-likeness (QED) is 0.856. The van der Waals surface area contributed by atoms with E-state index in [4.69, 9.17) is 21.8 Å². The van der Waals surface area contributed by atoms with Crippen LogP contribution < -0.4 is 4.90 Å². The number of aliphatic hydroxyl groups excluding tert-OH is 1. The average Bonchev–Trinajstić information content (AvgIpc) is 2.55. The number of halogens is 1. The standard InChI is InChI=1S/C15H20ClNO3.C2H6/c16-14-10-12(3-4-13(14)15(19)20)17-7-5-11(6-8-17)2-1-9-18;1-2/h3-4,10-11,18H,1-2,5-9H2,(H,19,20);1-2H3. The fourth-order valence-electron chi connectivity index (χ4n) is 2.73. The van der Waals surface area contributed by atoms with Crippen molar-refractivity contribution in [2.24, 2.45) is 5.92 Å². The fourth-order valence-corrected chi connectivity index (χ4v) is 2.99. The van der Waals surface area contributed by atoms with Gasteiger partial charge in [-0.15, -0.1) is 0 Å². The van der Waals surface area contributed by atoms with E-state index in [1.54, 1.807) is 12.1 Å². The van der Waals surface area contributed by atoms with Crippen molar-refractivity contribution in [3.05, 3.63) is 28.8 Å². The highest BCUT2D eigenvalue weighted by Crippen LogP contribution is 2.29. The molecular formula is C17H26ClNO3. The molecule has 2 N–H and O–H groups in total. The number of nitrogens with zero attached hydrogens (tertiary/aromatic N) is 1. The van der Waals surface area contributed by atoms with Gasteiger partial charge in [0.25, 0.3) is 0 Å². The van der Waals surface area contributed by atoms with Gasteiger partial charge in [-0.2, -0.15) is 0 Å². The maximum atomic E-state index is 10.9. The summed E-state index contributed by atoms with van der Waals surface area (Å²) in [4.78, 5) is 13.2. The first-order chi connectivity index (χ1) is 10.6. The molecule has 1 aliphatic rings.